The van der Waals surface area contributed by atoms with Gasteiger partial charge in [-0.05, 0) is 63.2 Å². The van der Waals surface area contributed by atoms with Crippen LogP contribution in [-0.2, 0) is 19.6 Å². The van der Waals surface area contributed by atoms with E-state index in [1.807, 2.05) is 12.3 Å². The quantitative estimate of drug-likeness (QED) is 0.221. The molecule has 7 nitrogen and oxygen atoms in total. The Bertz CT molecular complexity index is 1130. The van der Waals surface area contributed by atoms with Gasteiger partial charge in [-0.1, -0.05) is 12.8 Å². The number of hydrogen-bond donors (Lipinski definition) is 0. The molecule has 192 valence electrons. The maximum Gasteiger partial charge on any atom is 0.370 e. The molecule has 5 aliphatic rings. The van der Waals surface area contributed by atoms with Gasteiger partial charge in [-0.3, -0.25) is 0 Å². The van der Waals surface area contributed by atoms with Gasteiger partial charge in [0.1, 0.15) is 16.9 Å². The number of rotatable bonds is 7. The Morgan fingerprint density at radius 2 is 1.94 bits per heavy atom. The van der Waals surface area contributed by atoms with E-state index in [2.05, 4.69) is 9.64 Å². The molecule has 1 atom stereocenters. The zero-order valence-electron chi connectivity index (χ0n) is 20.5. The normalized spacial score (nSPS) is 30.2. The number of halogens is 1. The van der Waals surface area contributed by atoms with Crippen molar-refractivity contribution in [1.82, 2.24) is 4.31 Å². The summed E-state index contributed by atoms with van der Waals surface area (Å²) in [6.45, 7) is 2.31. The zero-order chi connectivity index (χ0) is 25.0. The highest BCUT2D eigenvalue weighted by atomic mass is 32.2. The Balaban J connectivity index is 1.58. The molecule has 4 aliphatic carbocycles. The summed E-state index contributed by atoms with van der Waals surface area (Å²) in [6, 6.07) is 3.28. The second-order valence-electron chi connectivity index (χ2n) is 10.2. The number of fused-ring (bicyclic) bond motifs is 1. The van der Waals surface area contributed by atoms with E-state index in [0.29, 0.717) is 29.3 Å². The Hall–Kier alpha value is -1.78. The van der Waals surface area contributed by atoms with Crippen LogP contribution in [0.1, 0.15) is 51.9 Å². The highest BCUT2D eigenvalue weighted by Crippen LogP contribution is 2.62. The Labute approximate surface area is 211 Å². The first-order valence-electron chi connectivity index (χ1n) is 12.4. The molecule has 1 aromatic carbocycles. The van der Waals surface area contributed by atoms with E-state index in [1.54, 1.807) is 18.3 Å². The van der Waals surface area contributed by atoms with Gasteiger partial charge >= 0.3 is 5.97 Å². The lowest BCUT2D eigenvalue weighted by Gasteiger charge is -2.67. The molecule has 0 aromatic heterocycles. The summed E-state index contributed by atoms with van der Waals surface area (Å²) in [5.41, 5.74) is 0.743. The van der Waals surface area contributed by atoms with Crippen molar-refractivity contribution in [1.29, 1.82) is 0 Å². The molecule has 4 saturated carbocycles. The van der Waals surface area contributed by atoms with Crippen molar-refractivity contribution in [3.8, 4) is 5.75 Å². The standard InChI is InChI=1S/C25H33FN2O5S2/c1-4-32-24(29)18(26)15-33-21-10-23-19(9-22(21)34-3)28(25-11-16(12-25)13-25)14-20(17-7-5-6-8-17)27(2)35(23,30)31/h9-10,15-17,20H,4-8,11-14H2,1-3H3/b18-15-/t16?,20-,25?/m0/s1. The van der Waals surface area contributed by atoms with Crippen LogP contribution in [0, 0.1) is 11.8 Å². The molecule has 0 saturated heterocycles. The van der Waals surface area contributed by atoms with Crippen molar-refractivity contribution in [2.75, 3.05) is 31.4 Å². The number of sulfonamides is 1. The van der Waals surface area contributed by atoms with Gasteiger partial charge in [0, 0.05) is 31.2 Å². The van der Waals surface area contributed by atoms with Gasteiger partial charge in [-0.25, -0.2) is 13.2 Å². The van der Waals surface area contributed by atoms with Gasteiger partial charge < -0.3 is 14.4 Å². The lowest BCUT2D eigenvalue weighted by molar-refractivity contribution is -0.140. The summed E-state index contributed by atoms with van der Waals surface area (Å²) >= 11 is 1.40. The van der Waals surface area contributed by atoms with Crippen molar-refractivity contribution in [2.45, 2.75) is 73.2 Å². The van der Waals surface area contributed by atoms with Crippen LogP contribution in [0.2, 0.25) is 0 Å². The van der Waals surface area contributed by atoms with Crippen LogP contribution in [0.25, 0.3) is 0 Å². The smallest absolute Gasteiger partial charge is 0.370 e. The first-order chi connectivity index (χ1) is 16.7. The fourth-order valence-corrected chi connectivity index (χ4v) is 8.43. The number of anilines is 1. The molecule has 1 heterocycles. The van der Waals surface area contributed by atoms with Gasteiger partial charge in [0.15, 0.2) is 0 Å². The minimum absolute atomic E-state index is 0.0327. The molecule has 1 aromatic rings. The maximum atomic E-state index is 14.1. The summed E-state index contributed by atoms with van der Waals surface area (Å²) < 4.78 is 53.8. The largest absolute Gasteiger partial charge is 0.461 e. The summed E-state index contributed by atoms with van der Waals surface area (Å²) in [4.78, 5) is 14.9. The van der Waals surface area contributed by atoms with Crippen molar-refractivity contribution in [3.05, 3.63) is 24.2 Å². The first-order valence-corrected chi connectivity index (χ1v) is 15.0. The zero-order valence-corrected chi connectivity index (χ0v) is 22.1. The highest BCUT2D eigenvalue weighted by molar-refractivity contribution is 7.98. The van der Waals surface area contributed by atoms with E-state index in [0.717, 1.165) is 50.9 Å². The number of likely N-dealkylation sites (N-methyl/N-ethyl adjacent to an activating group) is 1. The maximum absolute atomic E-state index is 14.1. The summed E-state index contributed by atoms with van der Waals surface area (Å²) in [6.07, 6.45) is 10.2. The molecule has 4 fully saturated rings. The van der Waals surface area contributed by atoms with Crippen molar-refractivity contribution in [2.24, 2.45) is 11.8 Å². The molecule has 2 bridgehead atoms. The predicted octanol–water partition coefficient (Wildman–Crippen LogP) is 4.71. The topological polar surface area (TPSA) is 76.2 Å². The third kappa shape index (κ3) is 4.15. The Morgan fingerprint density at radius 1 is 1.26 bits per heavy atom. The molecule has 0 unspecified atom stereocenters. The minimum Gasteiger partial charge on any atom is -0.461 e. The third-order valence-electron chi connectivity index (χ3n) is 8.31. The molecule has 1 aliphatic heterocycles. The number of nitrogens with zero attached hydrogens (tertiary/aromatic N) is 2. The van der Waals surface area contributed by atoms with Gasteiger partial charge in [0.25, 0.3) is 0 Å². The van der Waals surface area contributed by atoms with Crippen LogP contribution < -0.4 is 9.64 Å². The van der Waals surface area contributed by atoms with E-state index >= 15 is 0 Å². The Kier molecular flexibility index (Phi) is 6.59. The number of esters is 1. The molecule has 0 spiro atoms. The first kappa shape index (κ1) is 24.9. The van der Waals surface area contributed by atoms with Gasteiger partial charge in [0.05, 0.1) is 17.2 Å². The van der Waals surface area contributed by atoms with Crippen LogP contribution in [0.15, 0.2) is 34.0 Å². The molecule has 6 rings (SSSR count). The summed E-state index contributed by atoms with van der Waals surface area (Å²) in [5, 5.41) is 0. The second kappa shape index (κ2) is 9.27. The average Bonchev–Trinajstić information content (AvgIpc) is 3.29. The van der Waals surface area contributed by atoms with Gasteiger partial charge in [-0.15, -0.1) is 11.8 Å². The number of carbonyl (C=O) groups is 1. The van der Waals surface area contributed by atoms with Crippen molar-refractivity contribution in [3.63, 3.8) is 0 Å². The van der Waals surface area contributed by atoms with Crippen LogP contribution in [0.3, 0.4) is 0 Å². The number of ether oxygens (including phenoxy) is 2. The second-order valence-corrected chi connectivity index (χ2v) is 13.0. The van der Waals surface area contributed by atoms with Gasteiger partial charge in [-0.2, -0.15) is 8.70 Å². The number of benzene rings is 1. The molecular weight excluding hydrogens is 491 g/mol. The number of thioether (sulfide) groups is 1. The van der Waals surface area contributed by atoms with E-state index in [9.17, 15) is 17.6 Å². The van der Waals surface area contributed by atoms with Crippen LogP contribution in [0.5, 0.6) is 5.75 Å². The minimum atomic E-state index is -3.82. The molecule has 0 radical (unpaired) electrons. The van der Waals surface area contributed by atoms with Crippen LogP contribution in [0.4, 0.5) is 10.1 Å². The van der Waals surface area contributed by atoms with Crippen LogP contribution >= 0.6 is 11.8 Å². The molecule has 10 heteroatoms. The monoisotopic (exact) mass is 524 g/mol. The van der Waals surface area contributed by atoms with E-state index in [4.69, 9.17) is 4.74 Å². The fraction of sp³-hybridized carbons (Fsp3) is 0.640. The van der Waals surface area contributed by atoms with Crippen molar-refractivity contribution < 1.29 is 27.1 Å². The number of hydrogen-bond acceptors (Lipinski definition) is 7. The van der Waals surface area contributed by atoms with Gasteiger partial charge in [0.2, 0.25) is 15.9 Å². The molecule has 0 amide bonds. The van der Waals surface area contributed by atoms with Crippen molar-refractivity contribution >= 4 is 33.4 Å². The lowest BCUT2D eigenvalue weighted by atomic mass is 9.49. The molecule has 0 N–H and O–H groups in total. The van der Waals surface area contributed by atoms with E-state index in [1.165, 1.54) is 17.8 Å². The third-order valence-corrected chi connectivity index (χ3v) is 11.0. The Morgan fingerprint density at radius 3 is 2.51 bits per heavy atom. The fourth-order valence-electron chi connectivity index (χ4n) is 6.30. The highest BCUT2D eigenvalue weighted by Gasteiger charge is 2.61. The predicted molar refractivity (Wildman–Crippen MR) is 133 cm³/mol. The molecular formula is C25H33FN2O5S2. The SMILES string of the molecule is CCOC(=O)/C(F)=C/Oc1cc2c(cc1SC)N(C13CC(C1)C3)C[C@@H](C1CCCC1)N(C)S2(=O)=O. The van der Waals surface area contributed by atoms with E-state index in [-0.39, 0.29) is 28.8 Å². The summed E-state index contributed by atoms with van der Waals surface area (Å²) in [5.74, 6) is -1.000. The van der Waals surface area contributed by atoms with E-state index < -0.39 is 21.8 Å². The van der Waals surface area contributed by atoms with Crippen LogP contribution in [-0.4, -0.2) is 56.7 Å². The average molecular weight is 525 g/mol. The lowest BCUT2D eigenvalue weighted by Crippen LogP contribution is -2.70. The summed E-state index contributed by atoms with van der Waals surface area (Å²) in [7, 11) is -2.13. The number of carbonyl (C=O) groups excluding carboxylic acids is 1. The molecule has 35 heavy (non-hydrogen) atoms.